The van der Waals surface area contributed by atoms with Crippen molar-refractivity contribution in [2.45, 2.75) is 12.8 Å². The van der Waals surface area contributed by atoms with Gasteiger partial charge in [-0.2, -0.15) is 11.8 Å². The Morgan fingerprint density at radius 3 is 2.78 bits per heavy atom. The Balaban J connectivity index is 1.66. The van der Waals surface area contributed by atoms with Gasteiger partial charge in [0.05, 0.1) is 17.2 Å². The SMILES string of the molecule is c1ccc2nc(NCC3CCSCC3)cnc2c1. The van der Waals surface area contributed by atoms with Crippen LogP contribution in [0.2, 0.25) is 0 Å². The summed E-state index contributed by atoms with van der Waals surface area (Å²) in [6.07, 6.45) is 4.47. The molecule has 1 aliphatic heterocycles. The minimum absolute atomic E-state index is 0.791. The van der Waals surface area contributed by atoms with Crippen molar-refractivity contribution in [1.82, 2.24) is 9.97 Å². The van der Waals surface area contributed by atoms with E-state index in [9.17, 15) is 0 Å². The molecule has 0 bridgehead atoms. The number of benzene rings is 1. The molecular weight excluding hydrogens is 242 g/mol. The minimum atomic E-state index is 0.791. The van der Waals surface area contributed by atoms with E-state index in [4.69, 9.17) is 0 Å². The number of anilines is 1. The van der Waals surface area contributed by atoms with Gasteiger partial charge in [0.1, 0.15) is 5.82 Å². The van der Waals surface area contributed by atoms with Crippen molar-refractivity contribution in [3.8, 4) is 0 Å². The van der Waals surface area contributed by atoms with E-state index in [1.807, 2.05) is 30.5 Å². The molecular formula is C14H17N3S. The van der Waals surface area contributed by atoms with Gasteiger partial charge < -0.3 is 5.32 Å². The molecule has 1 aromatic carbocycles. The maximum atomic E-state index is 4.58. The predicted molar refractivity (Wildman–Crippen MR) is 78.1 cm³/mol. The molecule has 2 aromatic rings. The minimum Gasteiger partial charge on any atom is -0.368 e. The lowest BCUT2D eigenvalue weighted by Crippen LogP contribution is -2.19. The first kappa shape index (κ1) is 11.8. The van der Waals surface area contributed by atoms with Gasteiger partial charge in [-0.1, -0.05) is 12.1 Å². The van der Waals surface area contributed by atoms with Crippen LogP contribution in [0, 0.1) is 5.92 Å². The summed E-state index contributed by atoms with van der Waals surface area (Å²) in [4.78, 5) is 9.00. The third-order valence-corrected chi connectivity index (χ3v) is 4.41. The number of aromatic nitrogens is 2. The van der Waals surface area contributed by atoms with Crippen LogP contribution < -0.4 is 5.32 Å². The Hall–Kier alpha value is -1.29. The first-order valence-corrected chi connectivity index (χ1v) is 7.61. The fraction of sp³-hybridized carbons (Fsp3) is 0.429. The van der Waals surface area contributed by atoms with Crippen molar-refractivity contribution in [2.24, 2.45) is 5.92 Å². The van der Waals surface area contributed by atoms with Gasteiger partial charge in [0, 0.05) is 6.54 Å². The molecule has 3 nitrogen and oxygen atoms in total. The second-order valence-corrected chi connectivity index (χ2v) is 5.91. The number of para-hydroxylation sites is 2. The maximum absolute atomic E-state index is 4.58. The molecule has 0 atom stereocenters. The topological polar surface area (TPSA) is 37.8 Å². The predicted octanol–water partition coefficient (Wildman–Crippen LogP) is 3.18. The Morgan fingerprint density at radius 2 is 1.94 bits per heavy atom. The van der Waals surface area contributed by atoms with E-state index in [-0.39, 0.29) is 0 Å². The maximum Gasteiger partial charge on any atom is 0.145 e. The van der Waals surface area contributed by atoms with E-state index < -0.39 is 0 Å². The van der Waals surface area contributed by atoms with E-state index in [0.29, 0.717) is 0 Å². The van der Waals surface area contributed by atoms with Gasteiger partial charge in [0.25, 0.3) is 0 Å². The summed E-state index contributed by atoms with van der Waals surface area (Å²) in [6, 6.07) is 7.98. The van der Waals surface area contributed by atoms with Crippen LogP contribution >= 0.6 is 11.8 Å². The van der Waals surface area contributed by atoms with Crippen molar-refractivity contribution in [1.29, 1.82) is 0 Å². The van der Waals surface area contributed by atoms with Gasteiger partial charge >= 0.3 is 0 Å². The fourth-order valence-corrected chi connectivity index (χ4v) is 3.45. The largest absolute Gasteiger partial charge is 0.368 e. The molecule has 3 rings (SSSR count). The average Bonchev–Trinajstić information content (AvgIpc) is 2.46. The highest BCUT2D eigenvalue weighted by molar-refractivity contribution is 7.99. The molecule has 0 unspecified atom stereocenters. The van der Waals surface area contributed by atoms with E-state index in [1.54, 1.807) is 0 Å². The lowest BCUT2D eigenvalue weighted by molar-refractivity contribution is 0.515. The molecule has 1 aliphatic rings. The van der Waals surface area contributed by atoms with Crippen LogP contribution in [0.15, 0.2) is 30.5 Å². The third-order valence-electron chi connectivity index (χ3n) is 3.36. The van der Waals surface area contributed by atoms with Crippen LogP contribution in [-0.4, -0.2) is 28.0 Å². The summed E-state index contributed by atoms with van der Waals surface area (Å²) >= 11 is 2.07. The highest BCUT2D eigenvalue weighted by atomic mass is 32.2. The zero-order chi connectivity index (χ0) is 12.2. The van der Waals surface area contributed by atoms with Gasteiger partial charge in [-0.05, 0) is 42.4 Å². The normalized spacial score (nSPS) is 16.9. The first-order valence-electron chi connectivity index (χ1n) is 6.45. The van der Waals surface area contributed by atoms with Crippen molar-refractivity contribution < 1.29 is 0 Å². The van der Waals surface area contributed by atoms with Crippen molar-refractivity contribution in [3.05, 3.63) is 30.5 Å². The molecule has 0 radical (unpaired) electrons. The molecule has 0 saturated carbocycles. The van der Waals surface area contributed by atoms with Gasteiger partial charge in [-0.3, -0.25) is 4.98 Å². The van der Waals surface area contributed by atoms with Gasteiger partial charge in [-0.15, -0.1) is 0 Å². The summed E-state index contributed by atoms with van der Waals surface area (Å²) in [5, 5.41) is 3.42. The number of nitrogens with one attached hydrogen (secondary N) is 1. The van der Waals surface area contributed by atoms with Crippen molar-refractivity contribution in [2.75, 3.05) is 23.4 Å². The highest BCUT2D eigenvalue weighted by Gasteiger charge is 2.13. The number of rotatable bonds is 3. The lowest BCUT2D eigenvalue weighted by atomic mass is 10.0. The molecule has 1 saturated heterocycles. The summed E-state index contributed by atoms with van der Waals surface area (Å²) in [7, 11) is 0. The Morgan fingerprint density at radius 1 is 1.17 bits per heavy atom. The molecule has 2 heterocycles. The number of hydrogen-bond acceptors (Lipinski definition) is 4. The van der Waals surface area contributed by atoms with Crippen LogP contribution in [0.1, 0.15) is 12.8 Å². The Labute approximate surface area is 111 Å². The van der Waals surface area contributed by atoms with E-state index >= 15 is 0 Å². The molecule has 1 aromatic heterocycles. The van der Waals surface area contributed by atoms with Crippen LogP contribution in [0.3, 0.4) is 0 Å². The molecule has 4 heteroatoms. The first-order chi connectivity index (χ1) is 8.92. The number of nitrogens with zero attached hydrogens (tertiary/aromatic N) is 2. The number of hydrogen-bond donors (Lipinski definition) is 1. The van der Waals surface area contributed by atoms with Gasteiger partial charge in [-0.25, -0.2) is 4.98 Å². The molecule has 1 N–H and O–H groups in total. The smallest absolute Gasteiger partial charge is 0.145 e. The second-order valence-electron chi connectivity index (χ2n) is 4.68. The number of fused-ring (bicyclic) bond motifs is 1. The second kappa shape index (κ2) is 5.57. The van der Waals surface area contributed by atoms with E-state index in [0.717, 1.165) is 29.3 Å². The quantitative estimate of drug-likeness (QED) is 0.918. The average molecular weight is 259 g/mol. The van der Waals surface area contributed by atoms with Crippen molar-refractivity contribution in [3.63, 3.8) is 0 Å². The van der Waals surface area contributed by atoms with Crippen LogP contribution in [0.4, 0.5) is 5.82 Å². The van der Waals surface area contributed by atoms with Crippen LogP contribution in [-0.2, 0) is 0 Å². The lowest BCUT2D eigenvalue weighted by Gasteiger charge is -2.21. The molecule has 94 valence electrons. The van der Waals surface area contributed by atoms with E-state index in [1.165, 1.54) is 24.3 Å². The zero-order valence-electron chi connectivity index (χ0n) is 10.3. The Kier molecular flexibility index (Phi) is 3.64. The Bertz CT molecular complexity index is 523. The zero-order valence-corrected chi connectivity index (χ0v) is 11.1. The standard InChI is InChI=1S/C14H17N3S/c1-2-4-13-12(3-1)15-10-14(17-13)16-9-11-5-7-18-8-6-11/h1-4,10-11H,5-9H2,(H,16,17). The van der Waals surface area contributed by atoms with Crippen LogP contribution in [0.25, 0.3) is 11.0 Å². The summed E-state index contributed by atoms with van der Waals surface area (Å²) in [5.41, 5.74) is 1.92. The number of thioether (sulfide) groups is 1. The van der Waals surface area contributed by atoms with Gasteiger partial charge in [0.2, 0.25) is 0 Å². The van der Waals surface area contributed by atoms with Crippen LogP contribution in [0.5, 0.6) is 0 Å². The fourth-order valence-electron chi connectivity index (χ4n) is 2.24. The van der Waals surface area contributed by atoms with Gasteiger partial charge in [0.15, 0.2) is 0 Å². The van der Waals surface area contributed by atoms with E-state index in [2.05, 4.69) is 27.0 Å². The monoisotopic (exact) mass is 259 g/mol. The summed E-state index contributed by atoms with van der Waals surface area (Å²) < 4.78 is 0. The highest BCUT2D eigenvalue weighted by Crippen LogP contribution is 2.23. The molecule has 0 aliphatic carbocycles. The molecule has 18 heavy (non-hydrogen) atoms. The summed E-state index contributed by atoms with van der Waals surface area (Å²) in [6.45, 7) is 1.02. The molecule has 0 spiro atoms. The van der Waals surface area contributed by atoms with Crippen molar-refractivity contribution >= 4 is 28.6 Å². The third kappa shape index (κ3) is 2.75. The molecule has 0 amide bonds. The molecule has 1 fully saturated rings. The summed E-state index contributed by atoms with van der Waals surface area (Å²) in [5.74, 6) is 4.29.